The number of carbonyl (C=O) groups excluding carboxylic acids is 1. The van der Waals surface area contributed by atoms with E-state index >= 15 is 0 Å². The molecule has 2 heterocycles. The molecule has 4 rings (SSSR count). The summed E-state index contributed by atoms with van der Waals surface area (Å²) in [5, 5.41) is 20.7. The maximum Gasteiger partial charge on any atom is 0.291 e. The zero-order chi connectivity index (χ0) is 21.3. The van der Waals surface area contributed by atoms with E-state index < -0.39 is 0 Å². The smallest absolute Gasteiger partial charge is 0.291 e. The van der Waals surface area contributed by atoms with Gasteiger partial charge in [0.15, 0.2) is 18.2 Å². The number of aryl methyl sites for hydroxylation is 1. The molecule has 150 valence electrons. The Balaban J connectivity index is 1.98. The molecule has 0 unspecified atom stereocenters. The quantitative estimate of drug-likeness (QED) is 0.314. The third-order valence-corrected chi connectivity index (χ3v) is 4.91. The van der Waals surface area contributed by atoms with Crippen molar-refractivity contribution in [3.63, 3.8) is 0 Å². The lowest BCUT2D eigenvalue weighted by Gasteiger charge is -2.17. The highest BCUT2D eigenvalue weighted by molar-refractivity contribution is 6.06. The van der Waals surface area contributed by atoms with Crippen LogP contribution in [0.15, 0.2) is 71.8 Å². The number of aromatic nitrogens is 3. The number of anilines is 2. The van der Waals surface area contributed by atoms with E-state index in [2.05, 4.69) is 10.4 Å². The molecule has 0 saturated heterocycles. The molecule has 0 radical (unpaired) electrons. The molecule has 2 aromatic carbocycles. The largest absolute Gasteiger partial charge is 0.619 e. The molecule has 0 fully saturated rings. The SMILES string of the molecule is CCn1nc(-c2ccccc2)c(C(C)=O)c(Nc2cccc3c[n+]([O-])ccc23)c1=O. The van der Waals surface area contributed by atoms with Crippen LogP contribution in [-0.2, 0) is 6.54 Å². The van der Waals surface area contributed by atoms with Crippen molar-refractivity contribution in [2.75, 3.05) is 5.32 Å². The van der Waals surface area contributed by atoms with Gasteiger partial charge >= 0.3 is 0 Å². The second-order valence-corrected chi connectivity index (χ2v) is 6.88. The Labute approximate surface area is 172 Å². The van der Waals surface area contributed by atoms with Crippen molar-refractivity contribution in [2.24, 2.45) is 0 Å². The number of nitrogens with one attached hydrogen (secondary N) is 1. The maximum absolute atomic E-state index is 13.1. The lowest BCUT2D eigenvalue weighted by molar-refractivity contribution is -0.603. The zero-order valence-corrected chi connectivity index (χ0v) is 16.6. The van der Waals surface area contributed by atoms with Gasteiger partial charge in [0.1, 0.15) is 11.4 Å². The average molecular weight is 400 g/mol. The predicted octanol–water partition coefficient (Wildman–Crippen LogP) is 3.66. The van der Waals surface area contributed by atoms with Gasteiger partial charge in [-0.25, -0.2) is 4.68 Å². The standard InChI is InChI=1S/C23H20N4O3/c1-3-27-23(29)22(20(15(2)28)21(25-27)16-8-5-4-6-9-16)24-19-11-7-10-17-14-26(30)13-12-18(17)19/h4-14,24H,3H2,1-2H3. The summed E-state index contributed by atoms with van der Waals surface area (Å²) in [4.78, 5) is 25.8. The van der Waals surface area contributed by atoms with E-state index in [0.29, 0.717) is 17.9 Å². The molecule has 7 nitrogen and oxygen atoms in total. The minimum atomic E-state index is -0.380. The van der Waals surface area contributed by atoms with Crippen LogP contribution in [-0.4, -0.2) is 15.6 Å². The van der Waals surface area contributed by atoms with Gasteiger partial charge in [0.25, 0.3) is 5.56 Å². The first-order chi connectivity index (χ1) is 14.5. The van der Waals surface area contributed by atoms with Gasteiger partial charge in [0.2, 0.25) is 0 Å². The molecule has 0 atom stereocenters. The molecule has 0 aliphatic carbocycles. The van der Waals surface area contributed by atoms with Gasteiger partial charge in [-0.15, -0.1) is 0 Å². The Morgan fingerprint density at radius 1 is 1.13 bits per heavy atom. The molecular formula is C23H20N4O3. The average Bonchev–Trinajstić information content (AvgIpc) is 2.75. The number of hydrogen-bond acceptors (Lipinski definition) is 5. The van der Waals surface area contributed by atoms with E-state index in [-0.39, 0.29) is 22.6 Å². The number of Topliss-reactive ketones (excluding diaryl/α,β-unsaturated/α-hetero) is 1. The molecule has 7 heteroatoms. The van der Waals surface area contributed by atoms with Crippen molar-refractivity contribution in [2.45, 2.75) is 20.4 Å². The highest BCUT2D eigenvalue weighted by Crippen LogP contribution is 2.30. The first-order valence-electron chi connectivity index (χ1n) is 9.59. The van der Waals surface area contributed by atoms with Crippen molar-refractivity contribution in [1.29, 1.82) is 0 Å². The van der Waals surface area contributed by atoms with Crippen LogP contribution in [0.25, 0.3) is 22.0 Å². The topological polar surface area (TPSA) is 90.9 Å². The summed E-state index contributed by atoms with van der Waals surface area (Å²) in [5.41, 5.74) is 1.85. The van der Waals surface area contributed by atoms with E-state index in [4.69, 9.17) is 0 Å². The summed E-state index contributed by atoms with van der Waals surface area (Å²) < 4.78 is 2.06. The van der Waals surface area contributed by atoms with E-state index in [0.717, 1.165) is 21.1 Å². The minimum absolute atomic E-state index is 0.171. The van der Waals surface area contributed by atoms with Crippen molar-refractivity contribution in [3.8, 4) is 11.3 Å². The van der Waals surface area contributed by atoms with Crippen LogP contribution in [0, 0.1) is 5.21 Å². The zero-order valence-electron chi connectivity index (χ0n) is 16.6. The van der Waals surface area contributed by atoms with Crippen LogP contribution in [0.5, 0.6) is 0 Å². The van der Waals surface area contributed by atoms with Crippen LogP contribution in [0.2, 0.25) is 0 Å². The predicted molar refractivity (Wildman–Crippen MR) is 116 cm³/mol. The number of carbonyl (C=O) groups is 1. The van der Waals surface area contributed by atoms with Crippen molar-refractivity contribution in [3.05, 3.63) is 88.1 Å². The number of ketones is 1. The summed E-state index contributed by atoms with van der Waals surface area (Å²) in [5.74, 6) is -0.262. The number of rotatable bonds is 5. The van der Waals surface area contributed by atoms with Crippen LogP contribution in [0.3, 0.4) is 0 Å². The summed E-state index contributed by atoms with van der Waals surface area (Å²) in [6, 6.07) is 16.4. The Hall–Kier alpha value is -4.00. The normalized spacial score (nSPS) is 10.9. The molecule has 0 saturated carbocycles. The van der Waals surface area contributed by atoms with Gasteiger partial charge < -0.3 is 10.5 Å². The van der Waals surface area contributed by atoms with Gasteiger partial charge in [0.05, 0.1) is 5.56 Å². The van der Waals surface area contributed by atoms with E-state index in [9.17, 15) is 14.8 Å². The number of nitrogens with zero attached hydrogens (tertiary/aromatic N) is 3. The molecular weight excluding hydrogens is 380 g/mol. The fraction of sp³-hybridized carbons (Fsp3) is 0.130. The lowest BCUT2D eigenvalue weighted by atomic mass is 10.0. The maximum atomic E-state index is 13.1. The molecule has 0 aliphatic heterocycles. The Morgan fingerprint density at radius 3 is 2.60 bits per heavy atom. The van der Waals surface area contributed by atoms with Gasteiger partial charge in [-0.2, -0.15) is 9.83 Å². The van der Waals surface area contributed by atoms with Gasteiger partial charge in [-0.05, 0) is 26.0 Å². The van der Waals surface area contributed by atoms with E-state index in [1.54, 1.807) is 18.2 Å². The Bertz CT molecular complexity index is 1310. The van der Waals surface area contributed by atoms with Crippen molar-refractivity contribution < 1.29 is 9.52 Å². The molecule has 2 aromatic heterocycles. The fourth-order valence-electron chi connectivity index (χ4n) is 3.50. The number of pyridine rings is 1. The fourth-order valence-corrected chi connectivity index (χ4v) is 3.50. The van der Waals surface area contributed by atoms with Gasteiger partial charge in [-0.3, -0.25) is 9.59 Å². The molecule has 0 aliphatic rings. The third kappa shape index (κ3) is 3.41. The highest BCUT2D eigenvalue weighted by Gasteiger charge is 2.22. The van der Waals surface area contributed by atoms with Crippen LogP contribution in [0.4, 0.5) is 11.4 Å². The van der Waals surface area contributed by atoms with Crippen LogP contribution in [0.1, 0.15) is 24.2 Å². The molecule has 1 N–H and O–H groups in total. The van der Waals surface area contributed by atoms with E-state index in [1.807, 2.05) is 43.3 Å². The number of benzene rings is 2. The second-order valence-electron chi connectivity index (χ2n) is 6.88. The molecule has 4 aromatic rings. The molecule has 30 heavy (non-hydrogen) atoms. The third-order valence-electron chi connectivity index (χ3n) is 4.91. The van der Waals surface area contributed by atoms with Crippen LogP contribution >= 0.6 is 0 Å². The first-order valence-corrected chi connectivity index (χ1v) is 9.59. The van der Waals surface area contributed by atoms with E-state index in [1.165, 1.54) is 24.0 Å². The Kier molecular flexibility index (Phi) is 5.02. The summed E-state index contributed by atoms with van der Waals surface area (Å²) >= 11 is 0. The molecule has 0 amide bonds. The summed E-state index contributed by atoms with van der Waals surface area (Å²) in [7, 11) is 0. The summed E-state index contributed by atoms with van der Waals surface area (Å²) in [6.07, 6.45) is 2.85. The number of hydrogen-bond donors (Lipinski definition) is 1. The minimum Gasteiger partial charge on any atom is -0.619 e. The van der Waals surface area contributed by atoms with Crippen molar-refractivity contribution >= 4 is 27.9 Å². The monoisotopic (exact) mass is 400 g/mol. The summed E-state index contributed by atoms with van der Waals surface area (Å²) in [6.45, 7) is 3.61. The Morgan fingerprint density at radius 2 is 1.90 bits per heavy atom. The van der Waals surface area contributed by atoms with Crippen molar-refractivity contribution in [1.82, 2.24) is 9.78 Å². The van der Waals surface area contributed by atoms with Gasteiger partial charge in [-0.1, -0.05) is 36.4 Å². The van der Waals surface area contributed by atoms with Crippen LogP contribution < -0.4 is 15.6 Å². The lowest BCUT2D eigenvalue weighted by Crippen LogP contribution is -2.28. The molecule has 0 bridgehead atoms. The highest BCUT2D eigenvalue weighted by atomic mass is 16.5. The second kappa shape index (κ2) is 7.79. The molecule has 0 spiro atoms. The number of fused-ring (bicyclic) bond motifs is 1. The first kappa shape index (κ1) is 19.3. The van der Waals surface area contributed by atoms with Gasteiger partial charge in [0, 0.05) is 34.6 Å².